The average Bonchev–Trinajstić information content (AvgIpc) is 2.55. The van der Waals surface area contributed by atoms with Crippen molar-refractivity contribution in [1.82, 2.24) is 10.9 Å². The molecule has 0 heterocycles. The molecule has 2 N–H and O–H groups in total. The molecule has 1 aromatic rings. The summed E-state index contributed by atoms with van der Waals surface area (Å²) in [6.07, 6.45) is 7.34. The minimum Gasteiger partial charge on any atom is -0.273 e. The molecular weight excluding hydrogens is 296 g/mol. The van der Waals surface area contributed by atoms with Crippen molar-refractivity contribution in [1.29, 1.82) is 0 Å². The molecule has 1 aromatic carbocycles. The van der Waals surface area contributed by atoms with Gasteiger partial charge in [0.05, 0.1) is 5.75 Å². The Bertz CT molecular complexity index is 438. The number of unbranched alkanes of at least 4 members (excludes halogenated alkanes) is 5. The van der Waals surface area contributed by atoms with E-state index in [2.05, 4.69) is 17.8 Å². The molecule has 1 rings (SSSR count). The van der Waals surface area contributed by atoms with Gasteiger partial charge in [-0.25, -0.2) is 0 Å². The van der Waals surface area contributed by atoms with Crippen molar-refractivity contribution in [2.45, 2.75) is 56.8 Å². The van der Waals surface area contributed by atoms with Gasteiger partial charge in [-0.05, 0) is 18.6 Å². The van der Waals surface area contributed by atoms with Crippen LogP contribution in [-0.2, 0) is 9.59 Å². The van der Waals surface area contributed by atoms with Crippen LogP contribution < -0.4 is 10.9 Å². The lowest BCUT2D eigenvalue weighted by atomic mass is 10.1. The SMILES string of the molecule is CCCCCCCCC(=O)NNC(=O)CSc1ccccc1. The molecule has 0 unspecified atom stereocenters. The third-order valence-corrected chi connectivity index (χ3v) is 4.22. The van der Waals surface area contributed by atoms with E-state index in [4.69, 9.17) is 0 Å². The molecule has 0 radical (unpaired) electrons. The molecule has 0 bridgehead atoms. The van der Waals surface area contributed by atoms with Crippen LogP contribution in [0, 0.1) is 0 Å². The summed E-state index contributed by atoms with van der Waals surface area (Å²) in [6, 6.07) is 9.71. The number of rotatable bonds is 10. The summed E-state index contributed by atoms with van der Waals surface area (Å²) in [5, 5.41) is 0. The quantitative estimate of drug-likeness (QED) is 0.392. The third kappa shape index (κ3) is 9.45. The van der Waals surface area contributed by atoms with Gasteiger partial charge in [0.2, 0.25) is 11.8 Å². The van der Waals surface area contributed by atoms with Gasteiger partial charge < -0.3 is 0 Å². The molecule has 0 spiro atoms. The molecule has 0 aliphatic heterocycles. The first-order valence-electron chi connectivity index (χ1n) is 7.98. The summed E-state index contributed by atoms with van der Waals surface area (Å²) in [5.74, 6) is -0.0138. The molecule has 22 heavy (non-hydrogen) atoms. The van der Waals surface area contributed by atoms with Crippen LogP contribution in [0.2, 0.25) is 0 Å². The molecule has 0 saturated heterocycles. The second-order valence-corrected chi connectivity index (χ2v) is 6.26. The average molecular weight is 322 g/mol. The largest absolute Gasteiger partial charge is 0.273 e. The summed E-state index contributed by atoms with van der Waals surface area (Å²) in [5.41, 5.74) is 4.92. The first-order chi connectivity index (χ1) is 10.7. The van der Waals surface area contributed by atoms with Gasteiger partial charge in [0.25, 0.3) is 0 Å². The second-order valence-electron chi connectivity index (χ2n) is 5.22. The number of amides is 2. The van der Waals surface area contributed by atoms with Crippen molar-refractivity contribution < 1.29 is 9.59 Å². The summed E-state index contributed by atoms with van der Waals surface area (Å²) in [7, 11) is 0. The van der Waals surface area contributed by atoms with E-state index in [1.54, 1.807) is 0 Å². The van der Waals surface area contributed by atoms with Gasteiger partial charge in [-0.3, -0.25) is 20.4 Å². The number of hydrazine groups is 1. The number of hydrogen-bond donors (Lipinski definition) is 2. The van der Waals surface area contributed by atoms with Crippen molar-refractivity contribution in [3.8, 4) is 0 Å². The lowest BCUT2D eigenvalue weighted by Crippen LogP contribution is -2.42. The number of carbonyl (C=O) groups is 2. The van der Waals surface area contributed by atoms with Crippen molar-refractivity contribution in [3.05, 3.63) is 30.3 Å². The Kier molecular flexibility index (Phi) is 10.2. The van der Waals surface area contributed by atoms with Crippen LogP contribution in [0.4, 0.5) is 0 Å². The maximum Gasteiger partial charge on any atom is 0.248 e. The first kappa shape index (κ1) is 18.6. The van der Waals surface area contributed by atoms with Gasteiger partial charge in [-0.1, -0.05) is 57.2 Å². The fourth-order valence-corrected chi connectivity index (χ4v) is 2.69. The summed E-state index contributed by atoms with van der Waals surface area (Å²) < 4.78 is 0. The fourth-order valence-electron chi connectivity index (χ4n) is 1.97. The molecule has 5 heteroatoms. The normalized spacial score (nSPS) is 10.2. The molecule has 122 valence electrons. The van der Waals surface area contributed by atoms with Crippen molar-refractivity contribution in [2.75, 3.05) is 5.75 Å². The summed E-state index contributed by atoms with van der Waals surface area (Å²) >= 11 is 1.45. The number of thioether (sulfide) groups is 1. The fraction of sp³-hybridized carbons (Fsp3) is 0.529. The van der Waals surface area contributed by atoms with E-state index >= 15 is 0 Å². The highest BCUT2D eigenvalue weighted by molar-refractivity contribution is 8.00. The lowest BCUT2D eigenvalue weighted by Gasteiger charge is -2.07. The van der Waals surface area contributed by atoms with Crippen LogP contribution >= 0.6 is 11.8 Å². The first-order valence-corrected chi connectivity index (χ1v) is 8.96. The molecule has 0 aliphatic carbocycles. The maximum atomic E-state index is 11.6. The molecule has 2 amide bonds. The van der Waals surface area contributed by atoms with E-state index in [-0.39, 0.29) is 11.8 Å². The van der Waals surface area contributed by atoms with E-state index < -0.39 is 0 Å². The predicted molar refractivity (Wildman–Crippen MR) is 91.4 cm³/mol. The molecular formula is C17H26N2O2S. The van der Waals surface area contributed by atoms with E-state index in [0.717, 1.165) is 17.7 Å². The monoisotopic (exact) mass is 322 g/mol. The summed E-state index contributed by atoms with van der Waals surface area (Å²) in [4.78, 5) is 24.2. The van der Waals surface area contributed by atoms with Crippen molar-refractivity contribution in [3.63, 3.8) is 0 Å². The summed E-state index contributed by atoms with van der Waals surface area (Å²) in [6.45, 7) is 2.19. The number of carbonyl (C=O) groups excluding carboxylic acids is 2. The highest BCUT2D eigenvalue weighted by Gasteiger charge is 2.05. The van der Waals surface area contributed by atoms with Crippen LogP contribution in [0.25, 0.3) is 0 Å². The Hall–Kier alpha value is -1.49. The van der Waals surface area contributed by atoms with E-state index in [1.165, 1.54) is 37.4 Å². The van der Waals surface area contributed by atoms with Gasteiger partial charge in [-0.15, -0.1) is 11.8 Å². The van der Waals surface area contributed by atoms with Crippen LogP contribution in [0.5, 0.6) is 0 Å². The number of nitrogens with one attached hydrogen (secondary N) is 2. The van der Waals surface area contributed by atoms with Gasteiger partial charge in [-0.2, -0.15) is 0 Å². The maximum absolute atomic E-state index is 11.6. The van der Waals surface area contributed by atoms with Crippen LogP contribution in [-0.4, -0.2) is 17.6 Å². The Morgan fingerprint density at radius 3 is 2.27 bits per heavy atom. The topological polar surface area (TPSA) is 58.2 Å². The molecule has 0 fully saturated rings. The van der Waals surface area contributed by atoms with E-state index in [0.29, 0.717) is 12.2 Å². The Morgan fingerprint density at radius 2 is 1.55 bits per heavy atom. The van der Waals surface area contributed by atoms with Gasteiger partial charge in [0.15, 0.2) is 0 Å². The van der Waals surface area contributed by atoms with Crippen molar-refractivity contribution in [2.24, 2.45) is 0 Å². The zero-order chi connectivity index (χ0) is 16.0. The lowest BCUT2D eigenvalue weighted by molar-refractivity contribution is -0.127. The number of hydrogen-bond acceptors (Lipinski definition) is 3. The molecule has 0 saturated carbocycles. The minimum atomic E-state index is -0.190. The van der Waals surface area contributed by atoms with Crippen LogP contribution in [0.15, 0.2) is 35.2 Å². The Labute approximate surface area is 137 Å². The smallest absolute Gasteiger partial charge is 0.248 e. The van der Waals surface area contributed by atoms with Crippen LogP contribution in [0.1, 0.15) is 51.9 Å². The van der Waals surface area contributed by atoms with Gasteiger partial charge in [0, 0.05) is 11.3 Å². The highest BCUT2D eigenvalue weighted by atomic mass is 32.2. The van der Waals surface area contributed by atoms with E-state index in [1.807, 2.05) is 30.3 Å². The predicted octanol–water partition coefficient (Wildman–Crippen LogP) is 3.68. The van der Waals surface area contributed by atoms with Gasteiger partial charge in [0.1, 0.15) is 0 Å². The highest BCUT2D eigenvalue weighted by Crippen LogP contribution is 2.15. The van der Waals surface area contributed by atoms with Crippen LogP contribution in [0.3, 0.4) is 0 Å². The zero-order valence-electron chi connectivity index (χ0n) is 13.3. The zero-order valence-corrected chi connectivity index (χ0v) is 14.1. The van der Waals surface area contributed by atoms with E-state index in [9.17, 15) is 9.59 Å². The Morgan fingerprint density at radius 1 is 0.909 bits per heavy atom. The molecule has 0 aromatic heterocycles. The second kappa shape index (κ2) is 12.1. The van der Waals surface area contributed by atoms with Crippen molar-refractivity contribution >= 4 is 23.6 Å². The van der Waals surface area contributed by atoms with Gasteiger partial charge >= 0.3 is 0 Å². The molecule has 0 atom stereocenters. The Balaban J connectivity index is 2.02. The third-order valence-electron chi connectivity index (χ3n) is 3.21. The molecule has 0 aliphatic rings. The minimum absolute atomic E-state index is 0.117. The number of benzene rings is 1. The standard InChI is InChI=1S/C17H26N2O2S/c1-2-3-4-5-6-10-13-16(20)18-19-17(21)14-22-15-11-8-7-9-12-15/h7-9,11-12H,2-6,10,13-14H2,1H3,(H,18,20)(H,19,21). The molecule has 4 nitrogen and oxygen atoms in total.